The maximum absolute atomic E-state index is 12.2. The zero-order chi connectivity index (χ0) is 17.6. The van der Waals surface area contributed by atoms with Gasteiger partial charge in [-0.05, 0) is 42.0 Å². The van der Waals surface area contributed by atoms with Crippen molar-refractivity contribution in [3.05, 3.63) is 59.1 Å². The van der Waals surface area contributed by atoms with E-state index in [0.29, 0.717) is 5.02 Å². The number of halogens is 1. The van der Waals surface area contributed by atoms with E-state index in [9.17, 15) is 13.5 Å². The smallest absolute Gasteiger partial charge is 0.181 e. The third kappa shape index (κ3) is 5.49. The van der Waals surface area contributed by atoms with Gasteiger partial charge in [0.25, 0.3) is 0 Å². The van der Waals surface area contributed by atoms with Gasteiger partial charge in [0.2, 0.25) is 0 Å². The number of aliphatic hydroxyl groups excluding tert-OH is 1. The second kappa shape index (κ2) is 8.48. The number of benzene rings is 2. The molecule has 0 saturated carbocycles. The average molecular weight is 371 g/mol. The fraction of sp³-hybridized carbons (Fsp3) is 0.294. The first-order valence-corrected chi connectivity index (χ1v) is 9.31. The third-order valence-electron chi connectivity index (χ3n) is 3.32. The van der Waals surface area contributed by atoms with E-state index in [1.165, 1.54) is 24.3 Å². The van der Waals surface area contributed by atoms with Crippen molar-refractivity contribution < 1.29 is 23.0 Å². The van der Waals surface area contributed by atoms with Crippen molar-refractivity contribution in [2.24, 2.45) is 0 Å². The molecular formula is C17H19ClO5S. The van der Waals surface area contributed by atoms with E-state index in [4.69, 9.17) is 21.1 Å². The average Bonchev–Trinajstić information content (AvgIpc) is 2.55. The van der Waals surface area contributed by atoms with Crippen LogP contribution in [0.1, 0.15) is 5.56 Å². The van der Waals surface area contributed by atoms with Crippen molar-refractivity contribution >= 4 is 21.4 Å². The molecule has 0 saturated heterocycles. The van der Waals surface area contributed by atoms with Gasteiger partial charge in [0.15, 0.2) is 9.84 Å². The van der Waals surface area contributed by atoms with Crippen molar-refractivity contribution in [2.45, 2.75) is 17.6 Å². The van der Waals surface area contributed by atoms with Gasteiger partial charge in [0, 0.05) is 5.02 Å². The molecule has 1 N–H and O–H groups in total. The van der Waals surface area contributed by atoms with Crippen molar-refractivity contribution in [3.63, 3.8) is 0 Å². The summed E-state index contributed by atoms with van der Waals surface area (Å²) < 4.78 is 34.8. The Balaban J connectivity index is 1.83. The van der Waals surface area contributed by atoms with Gasteiger partial charge in [-0.25, -0.2) is 8.42 Å². The van der Waals surface area contributed by atoms with Crippen molar-refractivity contribution in [1.29, 1.82) is 0 Å². The number of sulfone groups is 1. The van der Waals surface area contributed by atoms with Crippen LogP contribution in [0.2, 0.25) is 5.02 Å². The van der Waals surface area contributed by atoms with Crippen LogP contribution in [0.5, 0.6) is 5.75 Å². The molecule has 0 aromatic heterocycles. The summed E-state index contributed by atoms with van der Waals surface area (Å²) in [4.78, 5) is 0.126. The van der Waals surface area contributed by atoms with E-state index >= 15 is 0 Å². The molecule has 24 heavy (non-hydrogen) atoms. The Morgan fingerprint density at radius 3 is 2.29 bits per heavy atom. The Labute approximate surface area is 146 Å². The largest absolute Gasteiger partial charge is 0.497 e. The normalized spacial score (nSPS) is 12.8. The van der Waals surface area contributed by atoms with Crippen LogP contribution in [0, 0.1) is 0 Å². The van der Waals surface area contributed by atoms with Gasteiger partial charge in [-0.3, -0.25) is 0 Å². The topological polar surface area (TPSA) is 72.8 Å². The van der Waals surface area contributed by atoms with Gasteiger partial charge >= 0.3 is 0 Å². The number of rotatable bonds is 8. The summed E-state index contributed by atoms with van der Waals surface area (Å²) >= 11 is 5.74. The highest BCUT2D eigenvalue weighted by Crippen LogP contribution is 2.16. The Kier molecular flexibility index (Phi) is 6.62. The molecule has 1 unspecified atom stereocenters. The molecule has 2 aromatic carbocycles. The van der Waals surface area contributed by atoms with E-state index in [-0.39, 0.29) is 18.1 Å². The van der Waals surface area contributed by atoms with Gasteiger partial charge in [0.1, 0.15) is 5.75 Å². The molecule has 0 heterocycles. The SMILES string of the molecule is COc1ccc(COCC(O)CS(=O)(=O)c2ccc(Cl)cc2)cc1. The van der Waals surface area contributed by atoms with E-state index in [0.717, 1.165) is 11.3 Å². The molecular weight excluding hydrogens is 352 g/mol. The number of ether oxygens (including phenoxy) is 2. The van der Waals surface area contributed by atoms with E-state index in [1.807, 2.05) is 12.1 Å². The number of aliphatic hydroxyl groups is 1. The zero-order valence-electron chi connectivity index (χ0n) is 13.2. The van der Waals surface area contributed by atoms with Crippen LogP contribution >= 0.6 is 11.6 Å². The third-order valence-corrected chi connectivity index (χ3v) is 5.39. The first-order valence-electron chi connectivity index (χ1n) is 7.28. The van der Waals surface area contributed by atoms with Crippen LogP contribution < -0.4 is 4.74 Å². The molecule has 0 amide bonds. The lowest BCUT2D eigenvalue weighted by Crippen LogP contribution is -2.25. The first kappa shape index (κ1) is 18.7. The summed E-state index contributed by atoms with van der Waals surface area (Å²) in [5, 5.41) is 10.4. The molecule has 0 aliphatic rings. The minimum absolute atomic E-state index is 0.0706. The molecule has 130 valence electrons. The lowest BCUT2D eigenvalue weighted by Gasteiger charge is -2.12. The Morgan fingerprint density at radius 2 is 1.71 bits per heavy atom. The molecule has 2 aromatic rings. The molecule has 0 bridgehead atoms. The fourth-order valence-electron chi connectivity index (χ4n) is 2.07. The minimum atomic E-state index is -3.59. The summed E-state index contributed by atoms with van der Waals surface area (Å²) in [6.07, 6.45) is -1.11. The van der Waals surface area contributed by atoms with Crippen molar-refractivity contribution in [2.75, 3.05) is 19.5 Å². The minimum Gasteiger partial charge on any atom is -0.497 e. The van der Waals surface area contributed by atoms with Crippen LogP contribution in [-0.4, -0.2) is 39.1 Å². The summed E-state index contributed by atoms with van der Waals surface area (Å²) in [6.45, 7) is 0.209. The summed E-state index contributed by atoms with van der Waals surface area (Å²) in [5.74, 6) is 0.338. The van der Waals surface area contributed by atoms with E-state index < -0.39 is 21.7 Å². The highest BCUT2D eigenvalue weighted by molar-refractivity contribution is 7.91. The van der Waals surface area contributed by atoms with Crippen molar-refractivity contribution in [1.82, 2.24) is 0 Å². The van der Waals surface area contributed by atoms with Gasteiger partial charge in [-0.15, -0.1) is 0 Å². The molecule has 0 spiro atoms. The second-order valence-corrected chi connectivity index (χ2v) is 7.72. The van der Waals surface area contributed by atoms with Crippen LogP contribution in [0.15, 0.2) is 53.4 Å². The molecule has 1 atom stereocenters. The Bertz CT molecular complexity index is 742. The summed E-state index contributed by atoms with van der Waals surface area (Å²) in [5.41, 5.74) is 0.906. The predicted octanol–water partition coefficient (Wildman–Crippen LogP) is 2.70. The highest BCUT2D eigenvalue weighted by Gasteiger charge is 2.19. The van der Waals surface area contributed by atoms with Crippen molar-refractivity contribution in [3.8, 4) is 5.75 Å². The summed E-state index contributed by atoms with van der Waals surface area (Å²) in [7, 11) is -2.00. The van der Waals surface area contributed by atoms with E-state index in [2.05, 4.69) is 0 Å². The molecule has 0 radical (unpaired) electrons. The van der Waals surface area contributed by atoms with Crippen LogP contribution in [0.25, 0.3) is 0 Å². The quantitative estimate of drug-likeness (QED) is 0.773. The molecule has 7 heteroatoms. The number of hydrogen-bond donors (Lipinski definition) is 1. The summed E-state index contributed by atoms with van der Waals surface area (Å²) in [6, 6.07) is 13.1. The fourth-order valence-corrected chi connectivity index (χ4v) is 3.55. The molecule has 2 rings (SSSR count). The van der Waals surface area contributed by atoms with Gasteiger partial charge in [0.05, 0.1) is 37.1 Å². The monoisotopic (exact) mass is 370 g/mol. The van der Waals surface area contributed by atoms with Crippen LogP contribution in [0.4, 0.5) is 0 Å². The maximum atomic E-state index is 12.2. The van der Waals surface area contributed by atoms with Gasteiger partial charge in [-0.2, -0.15) is 0 Å². The second-order valence-electron chi connectivity index (χ2n) is 5.25. The maximum Gasteiger partial charge on any atom is 0.181 e. The van der Waals surface area contributed by atoms with Crippen LogP contribution in [-0.2, 0) is 21.2 Å². The predicted molar refractivity (Wildman–Crippen MR) is 92.2 cm³/mol. The first-order chi connectivity index (χ1) is 11.4. The lowest BCUT2D eigenvalue weighted by atomic mass is 10.2. The van der Waals surface area contributed by atoms with Gasteiger partial charge in [-0.1, -0.05) is 23.7 Å². The standard InChI is InChI=1S/C17H19ClO5S/c1-22-16-6-2-13(3-7-16)10-23-11-15(19)12-24(20,21)17-8-4-14(18)5-9-17/h2-9,15,19H,10-12H2,1H3. The molecule has 0 aliphatic heterocycles. The Hall–Kier alpha value is -1.60. The Morgan fingerprint density at radius 1 is 1.08 bits per heavy atom. The molecule has 5 nitrogen and oxygen atoms in total. The highest BCUT2D eigenvalue weighted by atomic mass is 35.5. The van der Waals surface area contributed by atoms with Gasteiger partial charge < -0.3 is 14.6 Å². The van der Waals surface area contributed by atoms with E-state index in [1.54, 1.807) is 19.2 Å². The molecule has 0 fully saturated rings. The molecule has 0 aliphatic carbocycles. The zero-order valence-corrected chi connectivity index (χ0v) is 14.8. The van der Waals surface area contributed by atoms with Crippen LogP contribution in [0.3, 0.4) is 0 Å². The lowest BCUT2D eigenvalue weighted by molar-refractivity contribution is 0.0390. The number of methoxy groups -OCH3 is 1. The number of hydrogen-bond acceptors (Lipinski definition) is 5.